The van der Waals surface area contributed by atoms with Gasteiger partial charge in [0.1, 0.15) is 5.75 Å². The van der Waals surface area contributed by atoms with E-state index >= 15 is 0 Å². The zero-order chi connectivity index (χ0) is 15.1. The number of hydrogen-bond donors (Lipinski definition) is 2. The molecule has 0 aliphatic carbocycles. The van der Waals surface area contributed by atoms with Gasteiger partial charge in [-0.1, -0.05) is 18.2 Å². The molecule has 0 spiro atoms. The van der Waals surface area contributed by atoms with E-state index in [0.717, 1.165) is 11.3 Å². The molecule has 0 aliphatic heterocycles. The fourth-order valence-corrected chi connectivity index (χ4v) is 1.80. The Morgan fingerprint density at radius 2 is 2.00 bits per heavy atom. The number of amides is 2. The molecule has 2 N–H and O–H groups in total. The van der Waals surface area contributed by atoms with Crippen molar-refractivity contribution in [2.45, 2.75) is 39.5 Å². The Balaban J connectivity index is 2.59. The molecule has 0 bridgehead atoms. The number of aliphatic hydroxyl groups is 1. The summed E-state index contributed by atoms with van der Waals surface area (Å²) in [5.74, 6) is 0.779. The summed E-state index contributed by atoms with van der Waals surface area (Å²) >= 11 is 0. The van der Waals surface area contributed by atoms with Crippen LogP contribution in [0.4, 0.5) is 4.79 Å². The third-order valence-corrected chi connectivity index (χ3v) is 2.65. The molecule has 5 heteroatoms. The highest BCUT2D eigenvalue weighted by Crippen LogP contribution is 2.19. The molecule has 0 heterocycles. The topological polar surface area (TPSA) is 61.8 Å². The largest absolute Gasteiger partial charge is 0.491 e. The lowest BCUT2D eigenvalue weighted by Crippen LogP contribution is -2.40. The fraction of sp³-hybridized carbons (Fsp3) is 0.533. The van der Waals surface area contributed by atoms with Gasteiger partial charge in [-0.3, -0.25) is 0 Å². The van der Waals surface area contributed by atoms with E-state index in [1.54, 1.807) is 14.0 Å². The van der Waals surface area contributed by atoms with Crippen LogP contribution in [0.5, 0.6) is 5.75 Å². The van der Waals surface area contributed by atoms with Gasteiger partial charge in [-0.25, -0.2) is 4.79 Å². The smallest absolute Gasteiger partial charge is 0.317 e. The Labute approximate surface area is 120 Å². The maximum atomic E-state index is 11.8. The van der Waals surface area contributed by atoms with Crippen LogP contribution in [0.1, 0.15) is 26.3 Å². The number of likely N-dealkylation sites (N-methyl/N-ethyl adjacent to an activating group) is 1. The zero-order valence-corrected chi connectivity index (χ0v) is 12.6. The molecule has 20 heavy (non-hydrogen) atoms. The van der Waals surface area contributed by atoms with E-state index in [9.17, 15) is 9.90 Å². The Bertz CT molecular complexity index is 433. The molecular weight excluding hydrogens is 256 g/mol. The molecule has 1 unspecified atom stereocenters. The Kier molecular flexibility index (Phi) is 6.31. The SMILES string of the molecule is CC(O)CN(C)C(=O)NCc1ccccc1OC(C)C. The molecule has 1 atom stereocenters. The quantitative estimate of drug-likeness (QED) is 0.837. The van der Waals surface area contributed by atoms with Gasteiger partial charge in [0.25, 0.3) is 0 Å². The summed E-state index contributed by atoms with van der Waals surface area (Å²) in [4.78, 5) is 13.3. The molecular formula is C15H24N2O3. The number of rotatable bonds is 6. The van der Waals surface area contributed by atoms with Crippen LogP contribution in [0.15, 0.2) is 24.3 Å². The van der Waals surface area contributed by atoms with Gasteiger partial charge in [-0.15, -0.1) is 0 Å². The van der Waals surface area contributed by atoms with Gasteiger partial charge in [0.05, 0.1) is 12.2 Å². The minimum Gasteiger partial charge on any atom is -0.491 e. The summed E-state index contributed by atoms with van der Waals surface area (Å²) in [7, 11) is 1.65. The Morgan fingerprint density at radius 1 is 1.35 bits per heavy atom. The van der Waals surface area contributed by atoms with Crippen LogP contribution in [-0.4, -0.2) is 41.8 Å². The van der Waals surface area contributed by atoms with Crippen LogP contribution >= 0.6 is 0 Å². The molecule has 0 saturated carbocycles. The fourth-order valence-electron chi connectivity index (χ4n) is 1.80. The third kappa shape index (κ3) is 5.48. The first-order valence-corrected chi connectivity index (χ1v) is 6.81. The van der Waals surface area contributed by atoms with Crippen molar-refractivity contribution in [1.82, 2.24) is 10.2 Å². The molecule has 5 nitrogen and oxygen atoms in total. The first-order valence-electron chi connectivity index (χ1n) is 6.81. The van der Waals surface area contributed by atoms with Crippen molar-refractivity contribution in [3.05, 3.63) is 29.8 Å². The van der Waals surface area contributed by atoms with Crippen LogP contribution in [0.2, 0.25) is 0 Å². The third-order valence-electron chi connectivity index (χ3n) is 2.65. The van der Waals surface area contributed by atoms with Gasteiger partial charge >= 0.3 is 6.03 Å². The average Bonchev–Trinajstić information content (AvgIpc) is 2.35. The highest BCUT2D eigenvalue weighted by Gasteiger charge is 2.11. The van der Waals surface area contributed by atoms with Gasteiger partial charge < -0.3 is 20.1 Å². The van der Waals surface area contributed by atoms with Crippen LogP contribution in [-0.2, 0) is 6.54 Å². The summed E-state index contributed by atoms with van der Waals surface area (Å²) in [6, 6.07) is 7.41. The lowest BCUT2D eigenvalue weighted by Gasteiger charge is -2.20. The first-order chi connectivity index (χ1) is 9.40. The van der Waals surface area contributed by atoms with Gasteiger partial charge in [-0.05, 0) is 26.8 Å². The second kappa shape index (κ2) is 7.75. The molecule has 1 aromatic carbocycles. The lowest BCUT2D eigenvalue weighted by molar-refractivity contribution is 0.143. The normalized spacial score (nSPS) is 12.1. The first kappa shape index (κ1) is 16.3. The van der Waals surface area contributed by atoms with E-state index in [1.807, 2.05) is 38.1 Å². The van der Waals surface area contributed by atoms with E-state index in [4.69, 9.17) is 4.74 Å². The minimum absolute atomic E-state index is 0.0877. The number of nitrogens with zero attached hydrogens (tertiary/aromatic N) is 1. The number of aliphatic hydroxyl groups excluding tert-OH is 1. The van der Waals surface area contributed by atoms with E-state index in [-0.39, 0.29) is 12.1 Å². The van der Waals surface area contributed by atoms with Crippen molar-refractivity contribution < 1.29 is 14.6 Å². The monoisotopic (exact) mass is 280 g/mol. The second-order valence-electron chi connectivity index (χ2n) is 5.16. The second-order valence-corrected chi connectivity index (χ2v) is 5.16. The molecule has 2 amide bonds. The maximum Gasteiger partial charge on any atom is 0.317 e. The molecule has 0 aromatic heterocycles. The van der Waals surface area contributed by atoms with Crippen LogP contribution in [0.3, 0.4) is 0 Å². The van der Waals surface area contributed by atoms with Gasteiger partial charge in [-0.2, -0.15) is 0 Å². The van der Waals surface area contributed by atoms with Crippen LogP contribution in [0.25, 0.3) is 0 Å². The molecule has 1 rings (SSSR count). The summed E-state index contributed by atoms with van der Waals surface area (Å²) in [6.07, 6.45) is -0.452. The van der Waals surface area contributed by atoms with E-state index in [1.165, 1.54) is 4.90 Å². The van der Waals surface area contributed by atoms with E-state index in [0.29, 0.717) is 13.1 Å². The highest BCUT2D eigenvalue weighted by molar-refractivity contribution is 5.73. The number of para-hydroxylation sites is 1. The minimum atomic E-state index is -0.540. The summed E-state index contributed by atoms with van der Waals surface area (Å²) in [5.41, 5.74) is 0.931. The average molecular weight is 280 g/mol. The summed E-state index contributed by atoms with van der Waals surface area (Å²) in [5, 5.41) is 12.1. The number of carbonyl (C=O) groups is 1. The Hall–Kier alpha value is -1.75. The molecule has 0 saturated heterocycles. The molecule has 0 fully saturated rings. The van der Waals surface area contributed by atoms with E-state index in [2.05, 4.69) is 5.32 Å². The van der Waals surface area contributed by atoms with E-state index < -0.39 is 6.10 Å². The number of urea groups is 1. The van der Waals surface area contributed by atoms with Gasteiger partial charge in [0, 0.05) is 25.7 Å². The number of carbonyl (C=O) groups excluding carboxylic acids is 1. The number of hydrogen-bond acceptors (Lipinski definition) is 3. The molecule has 1 aromatic rings. The maximum absolute atomic E-state index is 11.8. The molecule has 112 valence electrons. The predicted octanol–water partition coefficient (Wildman–Crippen LogP) is 2.00. The Morgan fingerprint density at radius 3 is 2.60 bits per heavy atom. The van der Waals surface area contributed by atoms with Crippen LogP contribution < -0.4 is 10.1 Å². The van der Waals surface area contributed by atoms with Gasteiger partial charge in [0.2, 0.25) is 0 Å². The summed E-state index contributed by atoms with van der Waals surface area (Å²) < 4.78 is 5.70. The molecule has 0 aliphatic rings. The van der Waals surface area contributed by atoms with Gasteiger partial charge in [0.15, 0.2) is 0 Å². The standard InChI is InChI=1S/C15H24N2O3/c1-11(2)20-14-8-6-5-7-13(14)9-16-15(19)17(4)10-12(3)18/h5-8,11-12,18H,9-10H2,1-4H3,(H,16,19). The number of nitrogens with one attached hydrogen (secondary N) is 1. The van der Waals surface area contributed by atoms with Crippen molar-refractivity contribution in [1.29, 1.82) is 0 Å². The van der Waals surface area contributed by atoms with Crippen molar-refractivity contribution in [3.63, 3.8) is 0 Å². The highest BCUT2D eigenvalue weighted by atomic mass is 16.5. The van der Waals surface area contributed by atoms with Crippen molar-refractivity contribution in [2.24, 2.45) is 0 Å². The summed E-state index contributed by atoms with van der Waals surface area (Å²) in [6.45, 7) is 6.27. The predicted molar refractivity (Wildman–Crippen MR) is 78.8 cm³/mol. The van der Waals surface area contributed by atoms with Crippen molar-refractivity contribution in [3.8, 4) is 5.75 Å². The number of ether oxygens (including phenoxy) is 1. The number of benzene rings is 1. The van der Waals surface area contributed by atoms with Crippen molar-refractivity contribution >= 4 is 6.03 Å². The van der Waals surface area contributed by atoms with Crippen LogP contribution in [0, 0.1) is 0 Å². The molecule has 0 radical (unpaired) electrons. The van der Waals surface area contributed by atoms with Crippen molar-refractivity contribution in [2.75, 3.05) is 13.6 Å². The zero-order valence-electron chi connectivity index (χ0n) is 12.6. The lowest BCUT2D eigenvalue weighted by atomic mass is 10.2.